The van der Waals surface area contributed by atoms with Gasteiger partial charge in [0.05, 0.1) is 29.3 Å². The molecule has 1 saturated carbocycles. The zero-order chi connectivity index (χ0) is 18.1. The van der Waals surface area contributed by atoms with Crippen molar-refractivity contribution in [1.29, 1.82) is 0 Å². The average molecular weight is 354 g/mol. The molecule has 2 aromatic rings. The van der Waals surface area contributed by atoms with Crippen molar-refractivity contribution in [3.63, 3.8) is 0 Å². The fourth-order valence-corrected chi connectivity index (χ4v) is 3.49. The lowest BCUT2D eigenvalue weighted by Crippen LogP contribution is -2.44. The highest BCUT2D eigenvalue weighted by molar-refractivity contribution is 6.05. The maximum absolute atomic E-state index is 12.7. The summed E-state index contributed by atoms with van der Waals surface area (Å²) in [7, 11) is 2.14. The van der Waals surface area contributed by atoms with Crippen LogP contribution in [0.2, 0.25) is 0 Å². The zero-order valence-corrected chi connectivity index (χ0v) is 15.5. The van der Waals surface area contributed by atoms with Gasteiger partial charge >= 0.3 is 0 Å². The topological polar surface area (TPSA) is 66.3 Å². The van der Waals surface area contributed by atoms with E-state index in [2.05, 4.69) is 39.2 Å². The Labute approximate surface area is 154 Å². The van der Waals surface area contributed by atoms with E-state index in [0.717, 1.165) is 62.8 Å². The first-order valence-electron chi connectivity index (χ1n) is 9.42. The highest BCUT2D eigenvalue weighted by Crippen LogP contribution is 2.41. The monoisotopic (exact) mass is 354 g/mol. The minimum absolute atomic E-state index is 0.0965. The maximum atomic E-state index is 12.7. The van der Waals surface area contributed by atoms with E-state index in [1.54, 1.807) is 12.4 Å². The summed E-state index contributed by atoms with van der Waals surface area (Å²) < 4.78 is 1.95. The van der Waals surface area contributed by atoms with Crippen LogP contribution in [0.3, 0.4) is 0 Å². The van der Waals surface area contributed by atoms with Gasteiger partial charge in [0.25, 0.3) is 5.91 Å². The normalized spacial score (nSPS) is 18.2. The summed E-state index contributed by atoms with van der Waals surface area (Å²) in [5.74, 6) is 1.35. The van der Waals surface area contributed by atoms with E-state index in [-0.39, 0.29) is 5.91 Å². The first-order valence-corrected chi connectivity index (χ1v) is 9.42. The smallest absolute Gasteiger partial charge is 0.259 e. The lowest BCUT2D eigenvalue weighted by Gasteiger charge is -2.33. The summed E-state index contributed by atoms with van der Waals surface area (Å²) in [6.45, 7) is 6.91. The Morgan fingerprint density at radius 1 is 1.19 bits per heavy atom. The largest absolute Gasteiger partial charge is 0.354 e. The van der Waals surface area contributed by atoms with E-state index < -0.39 is 0 Å². The Kier molecular flexibility index (Phi) is 4.63. The quantitative estimate of drug-likeness (QED) is 0.891. The Hall–Kier alpha value is -2.41. The molecule has 0 aromatic carbocycles. The predicted molar refractivity (Wildman–Crippen MR) is 102 cm³/mol. The Morgan fingerprint density at radius 2 is 1.96 bits per heavy atom. The molecule has 2 aliphatic rings. The van der Waals surface area contributed by atoms with Crippen LogP contribution in [0, 0.1) is 0 Å². The third kappa shape index (κ3) is 3.44. The number of hydrogen-bond donors (Lipinski definition) is 1. The highest BCUT2D eigenvalue weighted by Gasteiger charge is 2.32. The summed E-state index contributed by atoms with van der Waals surface area (Å²) in [4.78, 5) is 21.8. The van der Waals surface area contributed by atoms with Crippen LogP contribution in [0.25, 0.3) is 0 Å². The summed E-state index contributed by atoms with van der Waals surface area (Å²) in [5, 5.41) is 7.34. The minimum Gasteiger partial charge on any atom is -0.354 e. The van der Waals surface area contributed by atoms with Crippen molar-refractivity contribution < 1.29 is 4.79 Å². The molecule has 0 spiro atoms. The molecule has 1 aliphatic heterocycles. The van der Waals surface area contributed by atoms with Gasteiger partial charge in [-0.25, -0.2) is 4.98 Å². The fraction of sp³-hybridized carbons (Fsp3) is 0.526. The number of nitrogens with zero attached hydrogens (tertiary/aromatic N) is 5. The first kappa shape index (κ1) is 17.0. The molecule has 1 aliphatic carbocycles. The number of piperazine rings is 1. The molecule has 7 heteroatoms. The van der Waals surface area contributed by atoms with Gasteiger partial charge < -0.3 is 15.1 Å². The Balaban J connectivity index is 1.44. The molecule has 1 amide bonds. The number of pyridine rings is 1. The number of carbonyl (C=O) groups excluding carboxylic acids is 1. The SMILES string of the molecule is CCn1ncc(C(=O)Nc2ccc(N3CCN(C)CC3)nc2)c1C1CC1. The molecule has 2 fully saturated rings. The van der Waals surface area contributed by atoms with E-state index in [1.165, 1.54) is 0 Å². The predicted octanol–water partition coefficient (Wildman–Crippen LogP) is 2.18. The standard InChI is InChI=1S/C19H26N6O/c1-3-25-18(14-4-5-14)16(13-21-25)19(26)22-15-6-7-17(20-12-15)24-10-8-23(2)9-11-24/h6-7,12-14H,3-5,8-11H2,1-2H3,(H,22,26). The molecule has 26 heavy (non-hydrogen) atoms. The van der Waals surface area contributed by atoms with E-state index in [1.807, 2.05) is 16.8 Å². The zero-order valence-electron chi connectivity index (χ0n) is 15.5. The van der Waals surface area contributed by atoms with Crippen molar-refractivity contribution in [2.45, 2.75) is 32.2 Å². The lowest BCUT2D eigenvalue weighted by atomic mass is 10.1. The number of rotatable bonds is 5. The van der Waals surface area contributed by atoms with Gasteiger partial charge in [0.1, 0.15) is 5.82 Å². The molecule has 0 bridgehead atoms. The number of carbonyl (C=O) groups is 1. The van der Waals surface area contributed by atoms with E-state index in [4.69, 9.17) is 0 Å². The lowest BCUT2D eigenvalue weighted by molar-refractivity contribution is 0.102. The highest BCUT2D eigenvalue weighted by atomic mass is 16.1. The van der Waals surface area contributed by atoms with Gasteiger partial charge in [-0.05, 0) is 38.9 Å². The van der Waals surface area contributed by atoms with Gasteiger partial charge in [-0.15, -0.1) is 0 Å². The second kappa shape index (κ2) is 7.07. The second-order valence-electron chi connectivity index (χ2n) is 7.18. The Morgan fingerprint density at radius 3 is 2.58 bits per heavy atom. The van der Waals surface area contributed by atoms with Crippen LogP contribution >= 0.6 is 0 Å². The van der Waals surface area contributed by atoms with Gasteiger partial charge in [0, 0.05) is 38.6 Å². The summed E-state index contributed by atoms with van der Waals surface area (Å²) >= 11 is 0. The van der Waals surface area contributed by atoms with Gasteiger partial charge in [0.2, 0.25) is 0 Å². The molecule has 0 unspecified atom stereocenters. The van der Waals surface area contributed by atoms with E-state index >= 15 is 0 Å². The number of nitrogens with one attached hydrogen (secondary N) is 1. The summed E-state index contributed by atoms with van der Waals surface area (Å²) in [6.07, 6.45) is 5.73. The number of amides is 1. The number of aromatic nitrogens is 3. The second-order valence-corrected chi connectivity index (χ2v) is 7.18. The third-order valence-electron chi connectivity index (χ3n) is 5.22. The molecule has 3 heterocycles. The van der Waals surface area contributed by atoms with Crippen molar-refractivity contribution in [3.8, 4) is 0 Å². The maximum Gasteiger partial charge on any atom is 0.259 e. The molecular formula is C19H26N6O. The van der Waals surface area contributed by atoms with Crippen LogP contribution in [0.5, 0.6) is 0 Å². The van der Waals surface area contributed by atoms with Crippen LogP contribution in [-0.4, -0.2) is 58.8 Å². The summed E-state index contributed by atoms with van der Waals surface area (Å²) in [6, 6.07) is 3.91. The summed E-state index contributed by atoms with van der Waals surface area (Å²) in [5.41, 5.74) is 2.49. The molecule has 1 saturated heterocycles. The fourth-order valence-electron chi connectivity index (χ4n) is 3.49. The number of aryl methyl sites for hydroxylation is 1. The van der Waals surface area contributed by atoms with Crippen molar-refractivity contribution in [1.82, 2.24) is 19.7 Å². The minimum atomic E-state index is -0.0965. The van der Waals surface area contributed by atoms with E-state index in [9.17, 15) is 4.79 Å². The molecule has 4 rings (SSSR count). The van der Waals surface area contributed by atoms with Crippen molar-refractivity contribution in [2.75, 3.05) is 43.4 Å². The number of likely N-dealkylation sites (N-methyl/N-ethyl adjacent to an activating group) is 1. The van der Waals surface area contributed by atoms with Crippen LogP contribution in [-0.2, 0) is 6.54 Å². The van der Waals surface area contributed by atoms with Crippen LogP contribution in [0.1, 0.15) is 41.7 Å². The van der Waals surface area contributed by atoms with Crippen LogP contribution < -0.4 is 10.2 Å². The molecule has 7 nitrogen and oxygen atoms in total. The van der Waals surface area contributed by atoms with Gasteiger partial charge in [0.15, 0.2) is 0 Å². The van der Waals surface area contributed by atoms with Crippen molar-refractivity contribution in [3.05, 3.63) is 35.8 Å². The third-order valence-corrected chi connectivity index (χ3v) is 5.22. The van der Waals surface area contributed by atoms with Gasteiger partial charge in [-0.3, -0.25) is 9.48 Å². The van der Waals surface area contributed by atoms with Crippen LogP contribution in [0.4, 0.5) is 11.5 Å². The first-order chi connectivity index (χ1) is 12.7. The van der Waals surface area contributed by atoms with Crippen molar-refractivity contribution in [2.24, 2.45) is 0 Å². The Bertz CT molecular complexity index is 772. The number of hydrogen-bond acceptors (Lipinski definition) is 5. The van der Waals surface area contributed by atoms with Gasteiger partial charge in [-0.2, -0.15) is 5.10 Å². The molecule has 0 atom stereocenters. The molecule has 0 radical (unpaired) electrons. The van der Waals surface area contributed by atoms with Crippen molar-refractivity contribution >= 4 is 17.4 Å². The van der Waals surface area contributed by atoms with Gasteiger partial charge in [-0.1, -0.05) is 0 Å². The molecule has 138 valence electrons. The number of anilines is 2. The molecule has 1 N–H and O–H groups in total. The van der Waals surface area contributed by atoms with E-state index in [0.29, 0.717) is 11.5 Å². The average Bonchev–Trinajstić information content (AvgIpc) is 3.41. The van der Waals surface area contributed by atoms with Crippen LogP contribution in [0.15, 0.2) is 24.5 Å². The molecule has 2 aromatic heterocycles. The molecular weight excluding hydrogens is 328 g/mol.